The van der Waals surface area contributed by atoms with Crippen molar-refractivity contribution in [3.63, 3.8) is 0 Å². The second kappa shape index (κ2) is 7.14. The Morgan fingerprint density at radius 3 is 2.72 bits per heavy atom. The number of rotatable bonds is 5. The quantitative estimate of drug-likeness (QED) is 0.838. The predicted molar refractivity (Wildman–Crippen MR) is 101 cm³/mol. The number of hydrogen-bond donors (Lipinski definition) is 0. The van der Waals surface area contributed by atoms with E-state index in [4.69, 9.17) is 4.74 Å². The number of benzene rings is 1. The van der Waals surface area contributed by atoms with Crippen molar-refractivity contribution in [1.82, 2.24) is 9.88 Å². The fourth-order valence-corrected chi connectivity index (χ4v) is 4.44. The standard InChI is InChI=1S/C21H27N3O/c1-25-14-13-23-11-8-21(9-12-23)17-24(16-18-5-4-10-22-15-18)20-7-3-2-6-19(20)21/h2-7,10,15H,8-9,11-14,16-17H2,1H3. The summed E-state index contributed by atoms with van der Waals surface area (Å²) in [5, 5.41) is 0. The van der Waals surface area contributed by atoms with Gasteiger partial charge in [-0.05, 0) is 49.2 Å². The minimum absolute atomic E-state index is 0.308. The van der Waals surface area contributed by atoms with Gasteiger partial charge in [0.25, 0.3) is 0 Å². The summed E-state index contributed by atoms with van der Waals surface area (Å²) >= 11 is 0. The summed E-state index contributed by atoms with van der Waals surface area (Å²) in [4.78, 5) is 9.38. The van der Waals surface area contributed by atoms with Gasteiger partial charge in [0.1, 0.15) is 0 Å². The zero-order valence-electron chi connectivity index (χ0n) is 15.0. The number of likely N-dealkylation sites (tertiary alicyclic amines) is 1. The van der Waals surface area contributed by atoms with Crippen molar-refractivity contribution in [2.75, 3.05) is 44.8 Å². The Morgan fingerprint density at radius 1 is 1.12 bits per heavy atom. The highest BCUT2D eigenvalue weighted by atomic mass is 16.5. The van der Waals surface area contributed by atoms with Crippen LogP contribution in [0.25, 0.3) is 0 Å². The number of methoxy groups -OCH3 is 1. The maximum atomic E-state index is 5.25. The number of anilines is 1. The number of para-hydroxylation sites is 1. The Balaban J connectivity index is 1.53. The third-order valence-electron chi connectivity index (χ3n) is 5.83. The normalized spacial score (nSPS) is 19.3. The lowest BCUT2D eigenvalue weighted by Crippen LogP contribution is -2.45. The van der Waals surface area contributed by atoms with Gasteiger partial charge in [-0.25, -0.2) is 0 Å². The van der Waals surface area contributed by atoms with Crippen LogP contribution in [0.3, 0.4) is 0 Å². The van der Waals surface area contributed by atoms with Crippen molar-refractivity contribution >= 4 is 5.69 Å². The molecule has 2 aliphatic heterocycles. The van der Waals surface area contributed by atoms with E-state index in [0.717, 1.165) is 26.2 Å². The van der Waals surface area contributed by atoms with Crippen molar-refractivity contribution in [1.29, 1.82) is 0 Å². The van der Waals surface area contributed by atoms with Gasteiger partial charge < -0.3 is 14.5 Å². The van der Waals surface area contributed by atoms with Crippen LogP contribution in [0, 0.1) is 0 Å². The first-order valence-electron chi connectivity index (χ1n) is 9.25. The first-order valence-corrected chi connectivity index (χ1v) is 9.25. The van der Waals surface area contributed by atoms with E-state index in [1.54, 1.807) is 12.7 Å². The van der Waals surface area contributed by atoms with E-state index in [2.05, 4.69) is 45.1 Å². The molecule has 0 unspecified atom stereocenters. The van der Waals surface area contributed by atoms with Crippen LogP contribution in [0.1, 0.15) is 24.0 Å². The molecule has 0 radical (unpaired) electrons. The van der Waals surface area contributed by atoms with E-state index in [0.29, 0.717) is 5.41 Å². The highest BCUT2D eigenvalue weighted by molar-refractivity contribution is 5.63. The zero-order chi connectivity index (χ0) is 17.1. The first kappa shape index (κ1) is 16.6. The average Bonchev–Trinajstić information content (AvgIpc) is 2.96. The Bertz CT molecular complexity index is 695. The largest absolute Gasteiger partial charge is 0.383 e. The third kappa shape index (κ3) is 3.29. The summed E-state index contributed by atoms with van der Waals surface area (Å²) in [5.41, 5.74) is 4.55. The second-order valence-corrected chi connectivity index (χ2v) is 7.35. The molecule has 0 atom stereocenters. The molecule has 0 saturated carbocycles. The van der Waals surface area contributed by atoms with E-state index in [1.807, 2.05) is 18.5 Å². The van der Waals surface area contributed by atoms with Crippen molar-refractivity contribution in [3.05, 3.63) is 59.9 Å². The molecule has 4 rings (SSSR count). The number of piperidine rings is 1. The number of fused-ring (bicyclic) bond motifs is 2. The zero-order valence-corrected chi connectivity index (χ0v) is 15.0. The van der Waals surface area contributed by atoms with Crippen molar-refractivity contribution < 1.29 is 4.74 Å². The maximum absolute atomic E-state index is 5.25. The van der Waals surface area contributed by atoms with Crippen LogP contribution in [0.2, 0.25) is 0 Å². The van der Waals surface area contributed by atoms with Crippen molar-refractivity contribution in [2.24, 2.45) is 0 Å². The lowest BCUT2D eigenvalue weighted by Gasteiger charge is -2.40. The highest BCUT2D eigenvalue weighted by Crippen LogP contribution is 2.47. The van der Waals surface area contributed by atoms with E-state index in [1.165, 1.54) is 37.2 Å². The van der Waals surface area contributed by atoms with Gasteiger partial charge in [-0.2, -0.15) is 0 Å². The van der Waals surface area contributed by atoms with E-state index in [9.17, 15) is 0 Å². The van der Waals surface area contributed by atoms with E-state index < -0.39 is 0 Å². The van der Waals surface area contributed by atoms with Crippen molar-refractivity contribution in [2.45, 2.75) is 24.8 Å². The summed E-state index contributed by atoms with van der Waals surface area (Å²) in [5.74, 6) is 0. The smallest absolute Gasteiger partial charge is 0.0589 e. The number of pyridine rings is 1. The molecule has 3 heterocycles. The van der Waals surface area contributed by atoms with Gasteiger partial charge in [0, 0.05) is 50.2 Å². The monoisotopic (exact) mass is 337 g/mol. The Labute approximate surface area is 150 Å². The number of nitrogens with zero attached hydrogens (tertiary/aromatic N) is 3. The van der Waals surface area contributed by atoms with Crippen LogP contribution in [-0.2, 0) is 16.7 Å². The van der Waals surface area contributed by atoms with Gasteiger partial charge >= 0.3 is 0 Å². The van der Waals surface area contributed by atoms with Crippen LogP contribution in [0.15, 0.2) is 48.8 Å². The molecule has 0 aliphatic carbocycles. The number of ether oxygens (including phenoxy) is 1. The minimum Gasteiger partial charge on any atom is -0.383 e. The van der Waals surface area contributed by atoms with Crippen molar-refractivity contribution in [3.8, 4) is 0 Å². The second-order valence-electron chi connectivity index (χ2n) is 7.35. The molecule has 25 heavy (non-hydrogen) atoms. The summed E-state index contributed by atoms with van der Waals surface area (Å²) in [6.45, 7) is 6.28. The van der Waals surface area contributed by atoms with Gasteiger partial charge in [0.05, 0.1) is 6.61 Å². The first-order chi connectivity index (χ1) is 12.3. The summed E-state index contributed by atoms with van der Waals surface area (Å²) in [7, 11) is 1.79. The van der Waals surface area contributed by atoms with Gasteiger partial charge in [0.2, 0.25) is 0 Å². The Kier molecular flexibility index (Phi) is 4.73. The summed E-state index contributed by atoms with van der Waals surface area (Å²) in [6.07, 6.45) is 6.30. The highest BCUT2D eigenvalue weighted by Gasteiger charge is 2.44. The molecule has 1 fully saturated rings. The van der Waals surface area contributed by atoms with E-state index >= 15 is 0 Å². The predicted octanol–water partition coefficient (Wildman–Crippen LogP) is 3.08. The molecule has 4 nitrogen and oxygen atoms in total. The molecular formula is C21H27N3O. The van der Waals surface area contributed by atoms with Crippen LogP contribution >= 0.6 is 0 Å². The lowest BCUT2D eigenvalue weighted by molar-refractivity contribution is 0.113. The topological polar surface area (TPSA) is 28.6 Å². The molecule has 132 valence electrons. The molecule has 2 aromatic rings. The number of hydrogen-bond acceptors (Lipinski definition) is 4. The van der Waals surface area contributed by atoms with Crippen LogP contribution < -0.4 is 4.90 Å². The average molecular weight is 337 g/mol. The Morgan fingerprint density at radius 2 is 1.96 bits per heavy atom. The van der Waals surface area contributed by atoms with E-state index in [-0.39, 0.29) is 0 Å². The molecule has 4 heteroatoms. The van der Waals surface area contributed by atoms with Gasteiger partial charge in [0.15, 0.2) is 0 Å². The van der Waals surface area contributed by atoms with Gasteiger partial charge in [-0.15, -0.1) is 0 Å². The third-order valence-corrected chi connectivity index (χ3v) is 5.83. The molecule has 0 bridgehead atoms. The van der Waals surface area contributed by atoms with Gasteiger partial charge in [-0.3, -0.25) is 4.98 Å². The molecule has 1 spiro atoms. The SMILES string of the molecule is COCCN1CCC2(CC1)CN(Cc1cccnc1)c1ccccc12. The molecule has 0 N–H and O–H groups in total. The molecule has 1 aromatic heterocycles. The summed E-state index contributed by atoms with van der Waals surface area (Å²) < 4.78 is 5.25. The van der Waals surface area contributed by atoms with Gasteiger partial charge in [-0.1, -0.05) is 24.3 Å². The van der Waals surface area contributed by atoms with Crippen LogP contribution in [-0.4, -0.2) is 49.8 Å². The van der Waals surface area contributed by atoms with Crippen LogP contribution in [0.4, 0.5) is 5.69 Å². The lowest BCUT2D eigenvalue weighted by atomic mass is 9.74. The minimum atomic E-state index is 0.308. The fourth-order valence-electron chi connectivity index (χ4n) is 4.44. The molecular weight excluding hydrogens is 310 g/mol. The summed E-state index contributed by atoms with van der Waals surface area (Å²) in [6, 6.07) is 13.2. The molecule has 2 aliphatic rings. The molecule has 1 saturated heterocycles. The molecule has 1 aromatic carbocycles. The molecule has 0 amide bonds. The fraction of sp³-hybridized carbons (Fsp3) is 0.476. The number of aromatic nitrogens is 1. The Hall–Kier alpha value is -1.91. The van der Waals surface area contributed by atoms with Crippen LogP contribution in [0.5, 0.6) is 0 Å². The maximum Gasteiger partial charge on any atom is 0.0589 e.